The lowest BCUT2D eigenvalue weighted by Gasteiger charge is -2.21. The molecular formula is C13H19NO. The molecule has 15 heavy (non-hydrogen) atoms. The van der Waals surface area contributed by atoms with Gasteiger partial charge in [-0.25, -0.2) is 0 Å². The summed E-state index contributed by atoms with van der Waals surface area (Å²) in [6.07, 6.45) is 1.77. The summed E-state index contributed by atoms with van der Waals surface area (Å²) in [6, 6.07) is 10.5. The van der Waals surface area contributed by atoms with Crippen LogP contribution in [0.15, 0.2) is 30.3 Å². The Labute approximate surface area is 91.5 Å². The van der Waals surface area contributed by atoms with Gasteiger partial charge in [-0.3, -0.25) is 4.90 Å². The zero-order chi connectivity index (χ0) is 10.7. The Morgan fingerprint density at radius 2 is 2.07 bits per heavy atom. The summed E-state index contributed by atoms with van der Waals surface area (Å²) in [4.78, 5) is 2.33. The standard InChI is InChI=1S/C13H19NO/c1-2-13(15)8-9-14(11-13)10-12-6-4-3-5-7-12/h3-7,15H,2,8-11H2,1H3/t13-/m1/s1. The lowest BCUT2D eigenvalue weighted by molar-refractivity contribution is 0.0447. The summed E-state index contributed by atoms with van der Waals surface area (Å²) in [5.74, 6) is 0. The van der Waals surface area contributed by atoms with E-state index in [4.69, 9.17) is 0 Å². The van der Waals surface area contributed by atoms with Gasteiger partial charge in [0.1, 0.15) is 0 Å². The normalized spacial score (nSPS) is 27.1. The molecule has 2 rings (SSSR count). The third-order valence-corrected chi connectivity index (χ3v) is 3.32. The highest BCUT2D eigenvalue weighted by Gasteiger charge is 2.33. The number of likely N-dealkylation sites (tertiary alicyclic amines) is 1. The minimum Gasteiger partial charge on any atom is -0.389 e. The van der Waals surface area contributed by atoms with Gasteiger partial charge in [0, 0.05) is 19.6 Å². The topological polar surface area (TPSA) is 23.5 Å². The van der Waals surface area contributed by atoms with E-state index in [0.717, 1.165) is 32.5 Å². The highest BCUT2D eigenvalue weighted by atomic mass is 16.3. The van der Waals surface area contributed by atoms with E-state index in [9.17, 15) is 5.11 Å². The largest absolute Gasteiger partial charge is 0.389 e. The van der Waals surface area contributed by atoms with Gasteiger partial charge in [0.2, 0.25) is 0 Å². The highest BCUT2D eigenvalue weighted by Crippen LogP contribution is 2.25. The first kappa shape index (κ1) is 10.7. The number of hydrogen-bond donors (Lipinski definition) is 1. The summed E-state index contributed by atoms with van der Waals surface area (Å²) < 4.78 is 0. The predicted molar refractivity (Wildman–Crippen MR) is 61.6 cm³/mol. The molecule has 2 heteroatoms. The van der Waals surface area contributed by atoms with Crippen LogP contribution in [0.2, 0.25) is 0 Å². The van der Waals surface area contributed by atoms with Crippen molar-refractivity contribution in [2.75, 3.05) is 13.1 Å². The Hall–Kier alpha value is -0.860. The van der Waals surface area contributed by atoms with Gasteiger partial charge in [0.05, 0.1) is 5.60 Å². The molecule has 2 nitrogen and oxygen atoms in total. The first-order chi connectivity index (χ1) is 7.22. The highest BCUT2D eigenvalue weighted by molar-refractivity contribution is 5.14. The van der Waals surface area contributed by atoms with Gasteiger partial charge in [0.25, 0.3) is 0 Å². The van der Waals surface area contributed by atoms with E-state index in [1.165, 1.54) is 5.56 Å². The number of hydrogen-bond acceptors (Lipinski definition) is 2. The minimum absolute atomic E-state index is 0.436. The van der Waals surface area contributed by atoms with E-state index in [-0.39, 0.29) is 0 Å². The van der Waals surface area contributed by atoms with Crippen molar-refractivity contribution in [1.29, 1.82) is 0 Å². The number of benzene rings is 1. The number of β-amino-alcohol motifs (C(OH)–C–C–N with tert-alkyl or cyclic N) is 1. The fourth-order valence-electron chi connectivity index (χ4n) is 2.21. The molecule has 82 valence electrons. The van der Waals surface area contributed by atoms with Gasteiger partial charge in [-0.15, -0.1) is 0 Å². The molecule has 0 amide bonds. The van der Waals surface area contributed by atoms with Crippen LogP contribution in [0.4, 0.5) is 0 Å². The zero-order valence-electron chi connectivity index (χ0n) is 9.32. The Morgan fingerprint density at radius 3 is 2.67 bits per heavy atom. The summed E-state index contributed by atoms with van der Waals surface area (Å²) >= 11 is 0. The molecule has 1 aliphatic heterocycles. The number of nitrogens with zero attached hydrogens (tertiary/aromatic N) is 1. The Morgan fingerprint density at radius 1 is 1.33 bits per heavy atom. The molecule has 0 saturated carbocycles. The van der Waals surface area contributed by atoms with E-state index in [0.29, 0.717) is 0 Å². The second-order valence-electron chi connectivity index (χ2n) is 4.52. The molecule has 1 heterocycles. The van der Waals surface area contributed by atoms with Crippen molar-refractivity contribution in [2.45, 2.75) is 31.9 Å². The summed E-state index contributed by atoms with van der Waals surface area (Å²) in [6.45, 7) is 4.85. The van der Waals surface area contributed by atoms with Crippen molar-refractivity contribution >= 4 is 0 Å². The van der Waals surface area contributed by atoms with Crippen molar-refractivity contribution in [3.8, 4) is 0 Å². The van der Waals surface area contributed by atoms with Crippen LogP contribution in [0.3, 0.4) is 0 Å². The predicted octanol–water partition coefficient (Wildman–Crippen LogP) is 2.03. The van der Waals surface area contributed by atoms with E-state index in [1.54, 1.807) is 0 Å². The number of rotatable bonds is 3. The van der Waals surface area contributed by atoms with Crippen molar-refractivity contribution < 1.29 is 5.11 Å². The van der Waals surface area contributed by atoms with Crippen LogP contribution in [-0.4, -0.2) is 28.7 Å². The molecule has 0 bridgehead atoms. The molecule has 0 spiro atoms. The summed E-state index contributed by atoms with van der Waals surface area (Å²) in [7, 11) is 0. The molecule has 0 unspecified atom stereocenters. The molecular weight excluding hydrogens is 186 g/mol. The number of aliphatic hydroxyl groups is 1. The minimum atomic E-state index is -0.436. The molecule has 1 N–H and O–H groups in total. The van der Waals surface area contributed by atoms with Gasteiger partial charge in [-0.1, -0.05) is 37.3 Å². The third kappa shape index (κ3) is 2.58. The Kier molecular flexibility index (Phi) is 3.08. The molecule has 1 aromatic rings. The second kappa shape index (κ2) is 4.33. The average Bonchev–Trinajstić information content (AvgIpc) is 2.63. The fraction of sp³-hybridized carbons (Fsp3) is 0.538. The van der Waals surface area contributed by atoms with Crippen molar-refractivity contribution in [1.82, 2.24) is 4.90 Å². The molecule has 1 aliphatic rings. The maximum absolute atomic E-state index is 10.1. The van der Waals surface area contributed by atoms with E-state index >= 15 is 0 Å². The van der Waals surface area contributed by atoms with Crippen LogP contribution < -0.4 is 0 Å². The van der Waals surface area contributed by atoms with Crippen LogP contribution in [0.5, 0.6) is 0 Å². The summed E-state index contributed by atoms with van der Waals surface area (Å²) in [5.41, 5.74) is 0.896. The molecule has 1 aromatic carbocycles. The third-order valence-electron chi connectivity index (χ3n) is 3.32. The fourth-order valence-corrected chi connectivity index (χ4v) is 2.21. The maximum Gasteiger partial charge on any atom is 0.0783 e. The van der Waals surface area contributed by atoms with Crippen LogP contribution in [0.25, 0.3) is 0 Å². The van der Waals surface area contributed by atoms with Gasteiger partial charge < -0.3 is 5.11 Å². The molecule has 0 aliphatic carbocycles. The van der Waals surface area contributed by atoms with E-state index < -0.39 is 5.60 Å². The lowest BCUT2D eigenvalue weighted by atomic mass is 10.0. The van der Waals surface area contributed by atoms with Crippen molar-refractivity contribution in [3.63, 3.8) is 0 Å². The average molecular weight is 205 g/mol. The Bertz CT molecular complexity index is 312. The van der Waals surface area contributed by atoms with Gasteiger partial charge in [-0.05, 0) is 18.4 Å². The van der Waals surface area contributed by atoms with Crippen molar-refractivity contribution in [3.05, 3.63) is 35.9 Å². The van der Waals surface area contributed by atoms with E-state index in [1.807, 2.05) is 6.07 Å². The quantitative estimate of drug-likeness (QED) is 0.816. The van der Waals surface area contributed by atoms with Crippen molar-refractivity contribution in [2.24, 2.45) is 0 Å². The molecule has 0 aromatic heterocycles. The van der Waals surface area contributed by atoms with Crippen LogP contribution in [0, 0.1) is 0 Å². The van der Waals surface area contributed by atoms with E-state index in [2.05, 4.69) is 36.1 Å². The molecule has 0 radical (unpaired) electrons. The monoisotopic (exact) mass is 205 g/mol. The maximum atomic E-state index is 10.1. The lowest BCUT2D eigenvalue weighted by Crippen LogP contribution is -2.32. The SMILES string of the molecule is CC[C@@]1(O)CCN(Cc2ccccc2)C1. The first-order valence-electron chi connectivity index (χ1n) is 5.70. The smallest absolute Gasteiger partial charge is 0.0783 e. The molecule has 1 saturated heterocycles. The first-order valence-corrected chi connectivity index (χ1v) is 5.70. The van der Waals surface area contributed by atoms with Crippen LogP contribution in [-0.2, 0) is 6.54 Å². The van der Waals surface area contributed by atoms with Gasteiger partial charge >= 0.3 is 0 Å². The summed E-state index contributed by atoms with van der Waals surface area (Å²) in [5, 5.41) is 10.1. The van der Waals surface area contributed by atoms with Crippen LogP contribution >= 0.6 is 0 Å². The molecule has 1 fully saturated rings. The second-order valence-corrected chi connectivity index (χ2v) is 4.52. The zero-order valence-corrected chi connectivity index (χ0v) is 9.32. The molecule has 1 atom stereocenters. The van der Waals surface area contributed by atoms with Gasteiger partial charge in [-0.2, -0.15) is 0 Å². The Balaban J connectivity index is 1.93. The van der Waals surface area contributed by atoms with Gasteiger partial charge in [0.15, 0.2) is 0 Å². The van der Waals surface area contributed by atoms with Crippen LogP contribution in [0.1, 0.15) is 25.3 Å².